The maximum atomic E-state index is 6.93. The number of nitrogens with zero attached hydrogens (tertiary/aromatic N) is 2. The lowest BCUT2D eigenvalue weighted by Gasteiger charge is -2.33. The van der Waals surface area contributed by atoms with Gasteiger partial charge in [0.15, 0.2) is 11.2 Å². The first-order valence-corrected chi connectivity index (χ1v) is 22.2. The number of anilines is 6. The lowest BCUT2D eigenvalue weighted by Crippen LogP contribution is -2.15. The quantitative estimate of drug-likeness (QED) is 0.156. The molecule has 304 valence electrons. The van der Waals surface area contributed by atoms with Crippen LogP contribution in [0.25, 0.3) is 97.7 Å². The van der Waals surface area contributed by atoms with Crippen LogP contribution in [0.3, 0.4) is 0 Å². The summed E-state index contributed by atoms with van der Waals surface area (Å²) in [6.45, 7) is 2.19. The molecule has 0 aliphatic heterocycles. The van der Waals surface area contributed by atoms with Crippen LogP contribution >= 0.6 is 0 Å². The average molecular weight is 831 g/mol. The summed E-state index contributed by atoms with van der Waals surface area (Å²) in [5, 5.41) is 16.1. The third kappa shape index (κ3) is 5.25. The minimum Gasteiger partial charge on any atom is -0.454 e. The minimum absolute atomic E-state index is 0.836. The van der Waals surface area contributed by atoms with E-state index < -0.39 is 0 Å². The third-order valence-electron chi connectivity index (χ3n) is 13.6. The molecule has 0 atom stereocenters. The Hall–Kier alpha value is -8.60. The largest absolute Gasteiger partial charge is 0.454 e. The van der Waals surface area contributed by atoms with E-state index in [-0.39, 0.29) is 0 Å². The second-order valence-electron chi connectivity index (χ2n) is 17.3. The molecule has 65 heavy (non-hydrogen) atoms. The standard InChI is InChI=1S/C61H38N2O2/c1-37-34-40-30-32-48-54(62(50-24-10-16-38-14-2-4-18-42(38)50)52-26-12-22-46-44-20-6-8-28-56(44)64-60(46)52)36-55(49-33-31-41(35-37)58(40)59(48)49)63(51-25-11-17-39-15-3-5-19-43(39)51)53-27-13-23-47-45-21-7-9-29-57(45)65-61(47)53/h2-36H,1H3. The molecule has 0 unspecified atom stereocenters. The monoisotopic (exact) mass is 830 g/mol. The molecule has 0 N–H and O–H groups in total. The van der Waals surface area contributed by atoms with E-state index in [9.17, 15) is 0 Å². The van der Waals surface area contributed by atoms with Gasteiger partial charge in [-0.05, 0) is 81.9 Å². The van der Waals surface area contributed by atoms with Crippen LogP contribution in [0.15, 0.2) is 221 Å². The van der Waals surface area contributed by atoms with Crippen molar-refractivity contribution in [3.63, 3.8) is 0 Å². The van der Waals surface area contributed by atoms with Crippen molar-refractivity contribution < 1.29 is 8.83 Å². The molecule has 14 rings (SSSR count). The predicted molar refractivity (Wildman–Crippen MR) is 274 cm³/mol. The van der Waals surface area contributed by atoms with Gasteiger partial charge in [-0.25, -0.2) is 0 Å². The molecule has 0 bridgehead atoms. The molecule has 12 aromatic carbocycles. The number of aryl methyl sites for hydroxylation is 1. The van der Waals surface area contributed by atoms with Crippen LogP contribution in [0.4, 0.5) is 34.1 Å². The highest BCUT2D eigenvalue weighted by Gasteiger charge is 2.29. The molecule has 14 aromatic rings. The van der Waals surface area contributed by atoms with Crippen molar-refractivity contribution in [3.05, 3.63) is 218 Å². The molecule has 0 aliphatic carbocycles. The molecule has 2 aromatic heterocycles. The van der Waals surface area contributed by atoms with Crippen LogP contribution in [-0.4, -0.2) is 0 Å². The molecule has 2 heterocycles. The van der Waals surface area contributed by atoms with Crippen molar-refractivity contribution >= 4 is 132 Å². The van der Waals surface area contributed by atoms with Crippen molar-refractivity contribution in [2.75, 3.05) is 9.80 Å². The van der Waals surface area contributed by atoms with Crippen LogP contribution in [-0.2, 0) is 0 Å². The molecular weight excluding hydrogens is 793 g/mol. The molecule has 0 radical (unpaired) electrons. The highest BCUT2D eigenvalue weighted by molar-refractivity contribution is 6.30. The van der Waals surface area contributed by atoms with Crippen molar-refractivity contribution in [1.29, 1.82) is 0 Å². The van der Waals surface area contributed by atoms with Crippen molar-refractivity contribution in [2.45, 2.75) is 6.92 Å². The highest BCUT2D eigenvalue weighted by atomic mass is 16.3. The topological polar surface area (TPSA) is 32.8 Å². The van der Waals surface area contributed by atoms with Gasteiger partial charge in [0.1, 0.15) is 11.2 Å². The molecule has 0 fully saturated rings. The molecule has 4 nitrogen and oxygen atoms in total. The Morgan fingerprint density at radius 1 is 0.277 bits per heavy atom. The molecule has 4 heteroatoms. The number of furan rings is 2. The maximum absolute atomic E-state index is 6.93. The van der Waals surface area contributed by atoms with Crippen molar-refractivity contribution in [3.8, 4) is 0 Å². The van der Waals surface area contributed by atoms with Gasteiger partial charge in [0.25, 0.3) is 0 Å². The second-order valence-corrected chi connectivity index (χ2v) is 17.3. The number of hydrogen-bond acceptors (Lipinski definition) is 4. The summed E-state index contributed by atoms with van der Waals surface area (Å²) in [5.41, 5.74) is 10.7. The normalized spacial score (nSPS) is 12.1. The Bertz CT molecular complexity index is 3960. The van der Waals surface area contributed by atoms with E-state index in [2.05, 4.69) is 217 Å². The zero-order valence-corrected chi connectivity index (χ0v) is 35.4. The summed E-state index contributed by atoms with van der Waals surface area (Å²) in [6, 6.07) is 76.8. The fourth-order valence-electron chi connectivity index (χ4n) is 10.8. The highest BCUT2D eigenvalue weighted by Crippen LogP contribution is 2.54. The summed E-state index contributed by atoms with van der Waals surface area (Å²) in [7, 11) is 0. The van der Waals surface area contributed by atoms with Crippen LogP contribution in [0.2, 0.25) is 0 Å². The van der Waals surface area contributed by atoms with E-state index in [1.807, 2.05) is 12.1 Å². The van der Waals surface area contributed by atoms with Gasteiger partial charge in [0.05, 0.1) is 34.1 Å². The van der Waals surface area contributed by atoms with E-state index in [1.54, 1.807) is 0 Å². The lowest BCUT2D eigenvalue weighted by molar-refractivity contribution is 0.669. The van der Waals surface area contributed by atoms with E-state index in [4.69, 9.17) is 8.83 Å². The van der Waals surface area contributed by atoms with Gasteiger partial charge in [0.2, 0.25) is 0 Å². The van der Waals surface area contributed by atoms with Gasteiger partial charge < -0.3 is 18.6 Å². The van der Waals surface area contributed by atoms with Gasteiger partial charge in [-0.1, -0.05) is 170 Å². The molecule has 0 spiro atoms. The van der Waals surface area contributed by atoms with Crippen molar-refractivity contribution in [1.82, 2.24) is 0 Å². The minimum atomic E-state index is 0.836. The Balaban J connectivity index is 1.19. The first kappa shape index (κ1) is 35.9. The van der Waals surface area contributed by atoms with Gasteiger partial charge in [-0.15, -0.1) is 0 Å². The van der Waals surface area contributed by atoms with Gasteiger partial charge >= 0.3 is 0 Å². The Labute approximate surface area is 373 Å². The number of fused-ring (bicyclic) bond motifs is 8. The zero-order chi connectivity index (χ0) is 42.8. The summed E-state index contributed by atoms with van der Waals surface area (Å²) in [5.74, 6) is 0. The Morgan fingerprint density at radius 2 is 0.677 bits per heavy atom. The first-order valence-electron chi connectivity index (χ1n) is 22.2. The number of hydrogen-bond donors (Lipinski definition) is 0. The first-order chi connectivity index (χ1) is 32.2. The third-order valence-corrected chi connectivity index (χ3v) is 13.6. The van der Waals surface area contributed by atoms with E-state index in [0.717, 1.165) is 110 Å². The smallest absolute Gasteiger partial charge is 0.159 e. The molecule has 0 saturated carbocycles. The van der Waals surface area contributed by atoms with Crippen LogP contribution in [0.1, 0.15) is 5.56 Å². The Kier molecular flexibility index (Phi) is 7.57. The zero-order valence-electron chi connectivity index (χ0n) is 35.4. The van der Waals surface area contributed by atoms with Gasteiger partial charge in [0, 0.05) is 48.5 Å². The molecule has 0 amide bonds. The van der Waals surface area contributed by atoms with E-state index >= 15 is 0 Å². The number of benzene rings is 12. The maximum Gasteiger partial charge on any atom is 0.159 e. The van der Waals surface area contributed by atoms with Gasteiger partial charge in [-0.2, -0.15) is 0 Å². The van der Waals surface area contributed by atoms with Crippen molar-refractivity contribution in [2.24, 2.45) is 0 Å². The van der Waals surface area contributed by atoms with Crippen LogP contribution in [0, 0.1) is 6.92 Å². The summed E-state index contributed by atoms with van der Waals surface area (Å²) in [4.78, 5) is 4.91. The summed E-state index contributed by atoms with van der Waals surface area (Å²) >= 11 is 0. The van der Waals surface area contributed by atoms with Gasteiger partial charge in [-0.3, -0.25) is 0 Å². The second kappa shape index (κ2) is 13.7. The molecule has 0 aliphatic rings. The molecular formula is C61H38N2O2. The van der Waals surface area contributed by atoms with Crippen LogP contribution < -0.4 is 9.80 Å². The number of para-hydroxylation sites is 4. The van der Waals surface area contributed by atoms with E-state index in [1.165, 1.54) is 27.1 Å². The lowest BCUT2D eigenvalue weighted by atomic mass is 9.90. The fourth-order valence-corrected chi connectivity index (χ4v) is 10.8. The summed E-state index contributed by atoms with van der Waals surface area (Å²) < 4.78 is 13.9. The summed E-state index contributed by atoms with van der Waals surface area (Å²) in [6.07, 6.45) is 0. The number of rotatable bonds is 6. The Morgan fingerprint density at radius 3 is 1.18 bits per heavy atom. The average Bonchev–Trinajstić information content (AvgIpc) is 3.93. The molecule has 0 saturated heterocycles. The van der Waals surface area contributed by atoms with E-state index in [0.29, 0.717) is 0 Å². The SMILES string of the molecule is Cc1cc2ccc3c(N(c4cccc5ccccc45)c4cccc5c4oc4ccccc45)cc(N(c4cccc5ccccc45)c4cccc5c4oc4ccccc45)c4ccc(c1)c2c34. The predicted octanol–water partition coefficient (Wildman–Crippen LogP) is 17.9. The fraction of sp³-hybridized carbons (Fsp3) is 0.0164. The van der Waals surface area contributed by atoms with Crippen LogP contribution in [0.5, 0.6) is 0 Å².